The first kappa shape index (κ1) is 23.8. The maximum atomic E-state index is 14.4. The molecular weight excluding hydrogens is 465 g/mol. The number of pyridine rings is 1. The normalized spacial score (nSPS) is 21.2. The lowest BCUT2D eigenvalue weighted by Gasteiger charge is -2.29. The van der Waals surface area contributed by atoms with E-state index in [1.807, 2.05) is 0 Å². The summed E-state index contributed by atoms with van der Waals surface area (Å²) in [5.41, 5.74) is -1.87. The molecule has 1 aliphatic rings. The van der Waals surface area contributed by atoms with Gasteiger partial charge in [-0.05, 0) is 31.2 Å². The number of aliphatic hydroxyl groups excluding tert-OH is 2. The fourth-order valence-electron chi connectivity index (χ4n) is 3.29. The first-order valence-corrected chi connectivity index (χ1v) is 9.29. The third kappa shape index (κ3) is 4.00. The number of hydrogen-bond donors (Lipinski definition) is 2. The van der Waals surface area contributed by atoms with Crippen LogP contribution in [0.4, 0.5) is 33.5 Å². The van der Waals surface area contributed by atoms with Gasteiger partial charge < -0.3 is 15.1 Å². The number of carbonyl (C=O) groups excluding carboxylic acids is 2. The van der Waals surface area contributed by atoms with Crippen molar-refractivity contribution in [1.82, 2.24) is 4.98 Å². The van der Waals surface area contributed by atoms with E-state index in [0.29, 0.717) is 21.9 Å². The summed E-state index contributed by atoms with van der Waals surface area (Å²) in [7, 11) is 1.01. The van der Waals surface area contributed by atoms with Crippen molar-refractivity contribution in [2.75, 3.05) is 16.8 Å². The molecule has 1 saturated heterocycles. The minimum Gasteiger partial charge on any atom is -0.387 e. The van der Waals surface area contributed by atoms with Gasteiger partial charge in [-0.15, -0.1) is 0 Å². The standard InChI is InChI=1S/C19H15ClF5N3O4/c1-7-5-8(19(23,24)25)6-11(26-7)28-14(15(29)16(30)18(28)32)17(31)27(2)10-4-3-9(21)12(20)13(10)22/h3-6,14-16,29-30H,1-2H3/t14-,15+,16+/m0/s1. The quantitative estimate of drug-likeness (QED) is 0.521. The maximum Gasteiger partial charge on any atom is 0.416 e. The van der Waals surface area contributed by atoms with Gasteiger partial charge in [0.2, 0.25) is 0 Å². The van der Waals surface area contributed by atoms with Gasteiger partial charge in [-0.3, -0.25) is 14.5 Å². The van der Waals surface area contributed by atoms with E-state index in [9.17, 15) is 41.8 Å². The highest BCUT2D eigenvalue weighted by Gasteiger charge is 2.53. The number of aliphatic hydroxyl groups is 2. The summed E-state index contributed by atoms with van der Waals surface area (Å²) in [6, 6.07) is 0.859. The Morgan fingerprint density at radius 2 is 1.84 bits per heavy atom. The zero-order chi connectivity index (χ0) is 24.1. The first-order chi connectivity index (χ1) is 14.8. The van der Waals surface area contributed by atoms with Crippen molar-refractivity contribution in [1.29, 1.82) is 0 Å². The molecule has 13 heteroatoms. The number of carbonyl (C=O) groups is 2. The van der Waals surface area contributed by atoms with E-state index in [1.165, 1.54) is 6.92 Å². The first-order valence-electron chi connectivity index (χ1n) is 8.91. The van der Waals surface area contributed by atoms with E-state index >= 15 is 0 Å². The highest BCUT2D eigenvalue weighted by Crippen LogP contribution is 2.35. The van der Waals surface area contributed by atoms with E-state index in [0.717, 1.165) is 19.2 Å². The molecule has 1 aromatic heterocycles. The van der Waals surface area contributed by atoms with Crippen molar-refractivity contribution in [3.05, 3.63) is 52.2 Å². The molecule has 2 heterocycles. The summed E-state index contributed by atoms with van der Waals surface area (Å²) >= 11 is 5.51. The Labute approximate surface area is 182 Å². The lowest BCUT2D eigenvalue weighted by Crippen LogP contribution is -2.50. The Kier molecular flexibility index (Phi) is 6.15. The summed E-state index contributed by atoms with van der Waals surface area (Å²) in [4.78, 5) is 30.4. The molecule has 0 saturated carbocycles. The van der Waals surface area contributed by atoms with Crippen molar-refractivity contribution in [2.45, 2.75) is 31.3 Å². The number of halogens is 6. The Balaban J connectivity index is 2.08. The van der Waals surface area contributed by atoms with Crippen LogP contribution in [0.3, 0.4) is 0 Å². The molecule has 0 bridgehead atoms. The molecule has 172 valence electrons. The molecule has 1 aromatic carbocycles. The Morgan fingerprint density at radius 1 is 1.22 bits per heavy atom. The number of hydrogen-bond acceptors (Lipinski definition) is 5. The van der Waals surface area contributed by atoms with Crippen molar-refractivity contribution in [2.24, 2.45) is 0 Å². The SMILES string of the molecule is Cc1cc(C(F)(F)F)cc(N2C(=O)[C@H](O)[C@H](O)[C@H]2C(=O)N(C)c2ccc(F)c(Cl)c2F)n1. The number of aryl methyl sites for hydroxylation is 1. The summed E-state index contributed by atoms with van der Waals surface area (Å²) < 4.78 is 67.5. The minimum atomic E-state index is -4.81. The molecule has 32 heavy (non-hydrogen) atoms. The molecule has 0 spiro atoms. The van der Waals surface area contributed by atoms with Gasteiger partial charge in [-0.2, -0.15) is 13.2 Å². The highest BCUT2D eigenvalue weighted by atomic mass is 35.5. The molecule has 1 fully saturated rings. The van der Waals surface area contributed by atoms with Crippen LogP contribution in [0.1, 0.15) is 11.3 Å². The number of rotatable bonds is 3. The predicted octanol–water partition coefficient (Wildman–Crippen LogP) is 2.44. The maximum absolute atomic E-state index is 14.4. The molecule has 2 amide bonds. The van der Waals surface area contributed by atoms with Crippen LogP contribution in [0.25, 0.3) is 0 Å². The molecule has 7 nitrogen and oxygen atoms in total. The zero-order valence-electron chi connectivity index (χ0n) is 16.4. The number of amides is 2. The molecule has 0 radical (unpaired) electrons. The van der Waals surface area contributed by atoms with E-state index in [4.69, 9.17) is 11.6 Å². The molecule has 0 unspecified atom stereocenters. The van der Waals surface area contributed by atoms with Crippen LogP contribution in [0, 0.1) is 18.6 Å². The van der Waals surface area contributed by atoms with Gasteiger partial charge in [-0.25, -0.2) is 13.8 Å². The minimum absolute atomic E-state index is 0.158. The summed E-state index contributed by atoms with van der Waals surface area (Å²) in [6.07, 6.45) is -9.05. The largest absolute Gasteiger partial charge is 0.416 e. The fraction of sp³-hybridized carbons (Fsp3) is 0.316. The lowest BCUT2D eigenvalue weighted by molar-refractivity contribution is -0.137. The molecule has 0 aliphatic carbocycles. The van der Waals surface area contributed by atoms with Crippen molar-refractivity contribution in [3.63, 3.8) is 0 Å². The van der Waals surface area contributed by atoms with Gasteiger partial charge in [-0.1, -0.05) is 11.6 Å². The van der Waals surface area contributed by atoms with Crippen LogP contribution >= 0.6 is 11.6 Å². The second-order valence-corrected chi connectivity index (χ2v) is 7.41. The number of aromatic nitrogens is 1. The second-order valence-electron chi connectivity index (χ2n) is 7.03. The van der Waals surface area contributed by atoms with Gasteiger partial charge in [0.1, 0.15) is 28.8 Å². The molecule has 1 aliphatic heterocycles. The van der Waals surface area contributed by atoms with Gasteiger partial charge >= 0.3 is 6.18 Å². The monoisotopic (exact) mass is 479 g/mol. The van der Waals surface area contributed by atoms with Gasteiger partial charge in [0.15, 0.2) is 11.9 Å². The Hall–Kier alpha value is -2.83. The molecule has 2 aromatic rings. The topological polar surface area (TPSA) is 94.0 Å². The molecule has 3 atom stereocenters. The van der Waals surface area contributed by atoms with Gasteiger partial charge in [0.25, 0.3) is 11.8 Å². The van der Waals surface area contributed by atoms with Crippen LogP contribution in [0.15, 0.2) is 24.3 Å². The summed E-state index contributed by atoms with van der Waals surface area (Å²) in [5, 5.41) is 19.4. The van der Waals surface area contributed by atoms with Crippen molar-refractivity contribution >= 4 is 34.9 Å². The van der Waals surface area contributed by atoms with E-state index in [-0.39, 0.29) is 5.69 Å². The van der Waals surface area contributed by atoms with E-state index in [2.05, 4.69) is 4.98 Å². The fourth-order valence-corrected chi connectivity index (χ4v) is 3.45. The number of anilines is 2. The van der Waals surface area contributed by atoms with E-state index < -0.39 is 70.0 Å². The zero-order valence-corrected chi connectivity index (χ0v) is 17.1. The average molecular weight is 480 g/mol. The summed E-state index contributed by atoms with van der Waals surface area (Å²) in [6.45, 7) is 1.21. The van der Waals surface area contributed by atoms with Gasteiger partial charge in [0.05, 0.1) is 11.3 Å². The third-order valence-corrected chi connectivity index (χ3v) is 5.24. The molecular formula is C19H15ClF5N3O4. The van der Waals surface area contributed by atoms with Crippen LogP contribution < -0.4 is 9.80 Å². The van der Waals surface area contributed by atoms with Crippen LogP contribution in [-0.2, 0) is 15.8 Å². The number of alkyl halides is 3. The summed E-state index contributed by atoms with van der Waals surface area (Å²) in [5.74, 6) is -5.55. The second kappa shape index (κ2) is 8.26. The van der Waals surface area contributed by atoms with Crippen LogP contribution in [-0.4, -0.2) is 52.3 Å². The molecule has 3 rings (SSSR count). The number of nitrogens with zero attached hydrogens (tertiary/aromatic N) is 3. The molecule has 2 N–H and O–H groups in total. The van der Waals surface area contributed by atoms with Crippen molar-refractivity contribution in [3.8, 4) is 0 Å². The Morgan fingerprint density at radius 3 is 2.44 bits per heavy atom. The van der Waals surface area contributed by atoms with Gasteiger partial charge in [0, 0.05) is 12.7 Å². The highest BCUT2D eigenvalue weighted by molar-refractivity contribution is 6.31. The van der Waals surface area contributed by atoms with E-state index in [1.54, 1.807) is 0 Å². The smallest absolute Gasteiger partial charge is 0.387 e. The van der Waals surface area contributed by atoms with Crippen molar-refractivity contribution < 1.29 is 41.8 Å². The predicted molar refractivity (Wildman–Crippen MR) is 102 cm³/mol. The number of likely N-dealkylation sites (N-methyl/N-ethyl adjacent to an activating group) is 1. The Bertz CT molecular complexity index is 1100. The van der Waals surface area contributed by atoms with Crippen LogP contribution in [0.5, 0.6) is 0 Å². The number of benzene rings is 1. The third-order valence-electron chi connectivity index (χ3n) is 4.89. The van der Waals surface area contributed by atoms with Crippen LogP contribution in [0.2, 0.25) is 5.02 Å². The lowest BCUT2D eigenvalue weighted by atomic mass is 10.1. The average Bonchev–Trinajstić information content (AvgIpc) is 2.94.